The minimum absolute atomic E-state index is 0.131. The molecular weight excluding hydrogens is 344 g/mol. The van der Waals surface area contributed by atoms with E-state index in [1.54, 1.807) is 34.4 Å². The minimum Gasteiger partial charge on any atom is -0.288 e. The van der Waals surface area contributed by atoms with E-state index < -0.39 is 0 Å². The Labute approximate surface area is 148 Å². The van der Waals surface area contributed by atoms with Gasteiger partial charge in [0, 0.05) is 22.7 Å². The maximum absolute atomic E-state index is 12.4. The number of carbonyl (C=O) groups excluding carboxylic acids is 1. The molecule has 1 amide bonds. The maximum atomic E-state index is 12.4. The average Bonchev–Trinajstić information content (AvgIpc) is 3.23. The molecule has 0 saturated heterocycles. The van der Waals surface area contributed by atoms with E-state index >= 15 is 0 Å². The second kappa shape index (κ2) is 7.47. The summed E-state index contributed by atoms with van der Waals surface area (Å²) in [5.41, 5.74) is 1.00. The molecule has 23 heavy (non-hydrogen) atoms. The van der Waals surface area contributed by atoms with E-state index in [2.05, 4.69) is 35.9 Å². The lowest BCUT2D eigenvalue weighted by Gasteiger charge is -2.18. The molecule has 0 atom stereocenters. The summed E-state index contributed by atoms with van der Waals surface area (Å²) in [5.74, 6) is 0.131. The van der Waals surface area contributed by atoms with Gasteiger partial charge in [0.2, 0.25) is 5.91 Å². The molecule has 0 aliphatic rings. The maximum Gasteiger partial charge on any atom is 0.228 e. The molecule has 3 aromatic rings. The van der Waals surface area contributed by atoms with Gasteiger partial charge < -0.3 is 0 Å². The summed E-state index contributed by atoms with van der Waals surface area (Å²) in [6.45, 7) is 2.59. The molecule has 120 valence electrons. The molecule has 0 saturated carbocycles. The van der Waals surface area contributed by atoms with E-state index in [0.29, 0.717) is 13.0 Å². The lowest BCUT2D eigenvalue weighted by molar-refractivity contribution is -0.118. The van der Waals surface area contributed by atoms with E-state index in [9.17, 15) is 4.79 Å². The first-order valence-corrected chi connectivity index (χ1v) is 10.4. The van der Waals surface area contributed by atoms with Gasteiger partial charge in [0.05, 0.1) is 10.2 Å². The lowest BCUT2D eigenvalue weighted by Crippen LogP contribution is -2.32. The summed E-state index contributed by atoms with van der Waals surface area (Å²) >= 11 is 5.02. The van der Waals surface area contributed by atoms with E-state index in [1.807, 2.05) is 17.9 Å². The summed E-state index contributed by atoms with van der Waals surface area (Å²) in [4.78, 5) is 21.5. The molecule has 0 spiro atoms. The fraction of sp³-hybridized carbons (Fsp3) is 0.294. The van der Waals surface area contributed by atoms with Gasteiger partial charge in [-0.3, -0.25) is 9.69 Å². The summed E-state index contributed by atoms with van der Waals surface area (Å²) in [6.07, 6.45) is 3.42. The molecule has 0 aliphatic carbocycles. The number of thiazole rings is 1. The Balaban J connectivity index is 1.91. The molecule has 3 nitrogen and oxygen atoms in total. The largest absolute Gasteiger partial charge is 0.288 e. The van der Waals surface area contributed by atoms with Crippen LogP contribution in [0.25, 0.3) is 10.2 Å². The molecule has 0 aliphatic heterocycles. The molecule has 2 aromatic heterocycles. The summed E-state index contributed by atoms with van der Waals surface area (Å²) in [5, 5.41) is 2.88. The van der Waals surface area contributed by atoms with Crippen LogP contribution in [0.5, 0.6) is 0 Å². The van der Waals surface area contributed by atoms with Crippen LogP contribution in [0.1, 0.15) is 18.2 Å². The van der Waals surface area contributed by atoms with Crippen molar-refractivity contribution in [1.82, 2.24) is 4.98 Å². The van der Waals surface area contributed by atoms with Crippen molar-refractivity contribution in [2.75, 3.05) is 17.7 Å². The number of anilines is 1. The van der Waals surface area contributed by atoms with Gasteiger partial charge in [0.15, 0.2) is 5.13 Å². The number of hydrogen-bond donors (Lipinski definition) is 0. The number of hydrogen-bond acceptors (Lipinski definition) is 5. The van der Waals surface area contributed by atoms with Gasteiger partial charge in [-0.25, -0.2) is 4.98 Å². The number of aromatic nitrogens is 1. The van der Waals surface area contributed by atoms with Gasteiger partial charge in [-0.15, -0.1) is 23.1 Å². The molecule has 2 heterocycles. The van der Waals surface area contributed by atoms with Gasteiger partial charge in [-0.1, -0.05) is 30.4 Å². The highest BCUT2D eigenvalue weighted by molar-refractivity contribution is 7.98. The predicted molar refractivity (Wildman–Crippen MR) is 102 cm³/mol. The van der Waals surface area contributed by atoms with Crippen molar-refractivity contribution >= 4 is 55.7 Å². The molecule has 0 fully saturated rings. The highest BCUT2D eigenvalue weighted by Gasteiger charge is 2.19. The van der Waals surface area contributed by atoms with Gasteiger partial charge in [-0.05, 0) is 36.3 Å². The Morgan fingerprint density at radius 2 is 2.17 bits per heavy atom. The van der Waals surface area contributed by atoms with Crippen LogP contribution in [0.3, 0.4) is 0 Å². The smallest absolute Gasteiger partial charge is 0.228 e. The number of thiophene rings is 1. The van der Waals surface area contributed by atoms with E-state index in [0.717, 1.165) is 26.7 Å². The topological polar surface area (TPSA) is 33.2 Å². The molecule has 0 N–H and O–H groups in total. The van der Waals surface area contributed by atoms with Gasteiger partial charge in [0.1, 0.15) is 0 Å². The highest BCUT2D eigenvalue weighted by atomic mass is 32.2. The van der Waals surface area contributed by atoms with Gasteiger partial charge in [-0.2, -0.15) is 0 Å². The zero-order chi connectivity index (χ0) is 16.2. The molecule has 3 rings (SSSR count). The van der Waals surface area contributed by atoms with Crippen molar-refractivity contribution in [3.05, 3.63) is 40.6 Å². The van der Waals surface area contributed by atoms with E-state index in [-0.39, 0.29) is 5.91 Å². The standard InChI is InChI=1S/C17H18N2OS3/c1-3-15(20)19(10-9-12-6-5-11-22-12)17-18-16-13(21-2)7-4-8-14(16)23-17/h4-8,11H,3,9-10H2,1-2H3. The summed E-state index contributed by atoms with van der Waals surface area (Å²) in [7, 11) is 0. The number of para-hydroxylation sites is 1. The molecular formula is C17H18N2OS3. The fourth-order valence-electron chi connectivity index (χ4n) is 2.39. The third-order valence-electron chi connectivity index (χ3n) is 3.59. The summed E-state index contributed by atoms with van der Waals surface area (Å²) < 4.78 is 1.14. The van der Waals surface area contributed by atoms with Gasteiger partial charge in [0.25, 0.3) is 0 Å². The number of fused-ring (bicyclic) bond motifs is 1. The van der Waals surface area contributed by atoms with Crippen molar-refractivity contribution in [3.8, 4) is 0 Å². The van der Waals surface area contributed by atoms with Crippen molar-refractivity contribution in [2.24, 2.45) is 0 Å². The third kappa shape index (κ3) is 3.59. The Morgan fingerprint density at radius 3 is 2.87 bits per heavy atom. The fourth-order valence-corrected chi connectivity index (χ4v) is 4.75. The quantitative estimate of drug-likeness (QED) is 0.574. The number of benzene rings is 1. The number of carbonyl (C=O) groups is 1. The Morgan fingerprint density at radius 1 is 1.30 bits per heavy atom. The summed E-state index contributed by atoms with van der Waals surface area (Å²) in [6, 6.07) is 10.4. The molecule has 0 unspecified atom stereocenters. The minimum atomic E-state index is 0.131. The van der Waals surface area contributed by atoms with Crippen molar-refractivity contribution in [2.45, 2.75) is 24.7 Å². The second-order valence-electron chi connectivity index (χ2n) is 5.03. The van der Waals surface area contributed by atoms with Crippen molar-refractivity contribution in [3.63, 3.8) is 0 Å². The number of rotatable bonds is 6. The molecule has 6 heteroatoms. The van der Waals surface area contributed by atoms with Crippen LogP contribution in [0.15, 0.2) is 40.6 Å². The van der Waals surface area contributed by atoms with Crippen LogP contribution in [-0.4, -0.2) is 23.7 Å². The zero-order valence-corrected chi connectivity index (χ0v) is 15.6. The second-order valence-corrected chi connectivity index (χ2v) is 7.92. The number of thioether (sulfide) groups is 1. The monoisotopic (exact) mass is 362 g/mol. The highest BCUT2D eigenvalue weighted by Crippen LogP contribution is 2.34. The zero-order valence-electron chi connectivity index (χ0n) is 13.1. The predicted octanol–water partition coefficient (Wildman–Crippen LogP) is 5.07. The first-order chi connectivity index (χ1) is 11.2. The van der Waals surface area contributed by atoms with Crippen molar-refractivity contribution < 1.29 is 4.79 Å². The molecule has 0 radical (unpaired) electrons. The first kappa shape index (κ1) is 16.5. The number of nitrogens with zero attached hydrogens (tertiary/aromatic N) is 2. The Hall–Kier alpha value is -1.37. The van der Waals surface area contributed by atoms with Gasteiger partial charge >= 0.3 is 0 Å². The van der Waals surface area contributed by atoms with Crippen LogP contribution in [-0.2, 0) is 11.2 Å². The number of amides is 1. The average molecular weight is 363 g/mol. The SMILES string of the molecule is CCC(=O)N(CCc1cccs1)c1nc2c(SC)cccc2s1. The van der Waals surface area contributed by atoms with Crippen LogP contribution < -0.4 is 4.90 Å². The lowest BCUT2D eigenvalue weighted by atomic mass is 10.3. The van der Waals surface area contributed by atoms with Crippen LogP contribution in [0, 0.1) is 0 Å². The third-order valence-corrected chi connectivity index (χ3v) is 6.34. The van der Waals surface area contributed by atoms with Crippen LogP contribution in [0.2, 0.25) is 0 Å². The van der Waals surface area contributed by atoms with Crippen LogP contribution in [0.4, 0.5) is 5.13 Å². The van der Waals surface area contributed by atoms with E-state index in [4.69, 9.17) is 4.98 Å². The van der Waals surface area contributed by atoms with Crippen molar-refractivity contribution in [1.29, 1.82) is 0 Å². The normalized spacial score (nSPS) is 11.0. The Bertz CT molecular complexity index is 795. The first-order valence-electron chi connectivity index (χ1n) is 7.49. The molecule has 1 aromatic carbocycles. The van der Waals surface area contributed by atoms with Crippen LogP contribution >= 0.6 is 34.4 Å². The Kier molecular flexibility index (Phi) is 5.35. The molecule has 0 bridgehead atoms. The van der Waals surface area contributed by atoms with E-state index in [1.165, 1.54) is 4.88 Å².